The summed E-state index contributed by atoms with van der Waals surface area (Å²) in [6.07, 6.45) is 5.30. The summed E-state index contributed by atoms with van der Waals surface area (Å²) in [5, 5.41) is 4.50. The average Bonchev–Trinajstić information content (AvgIpc) is 2.96. The third kappa shape index (κ3) is 2.85. The second-order valence-corrected chi connectivity index (χ2v) is 5.82. The van der Waals surface area contributed by atoms with Crippen LogP contribution in [0.3, 0.4) is 0 Å². The molecule has 0 aliphatic rings. The normalized spacial score (nSPS) is 11.0. The lowest BCUT2D eigenvalue weighted by molar-refractivity contribution is 0.970. The third-order valence-corrected chi connectivity index (χ3v) is 4.32. The Morgan fingerprint density at radius 2 is 2.14 bits per heavy atom. The van der Waals surface area contributed by atoms with Crippen LogP contribution in [0.15, 0.2) is 24.7 Å². The third-order valence-electron chi connectivity index (χ3n) is 3.15. The van der Waals surface area contributed by atoms with Gasteiger partial charge in [-0.3, -0.25) is 0 Å². The summed E-state index contributed by atoms with van der Waals surface area (Å²) in [6, 6.07) is 4.01. The zero-order valence-corrected chi connectivity index (χ0v) is 12.9. The first kappa shape index (κ1) is 13.9. The van der Waals surface area contributed by atoms with Gasteiger partial charge in [-0.25, -0.2) is 19.9 Å². The Hall–Kier alpha value is -2.08. The molecule has 0 amide bonds. The van der Waals surface area contributed by atoms with Crippen LogP contribution in [-0.4, -0.2) is 26.5 Å². The van der Waals surface area contributed by atoms with Crippen LogP contribution in [0.5, 0.6) is 0 Å². The van der Waals surface area contributed by atoms with E-state index in [-0.39, 0.29) is 0 Å². The van der Waals surface area contributed by atoms with E-state index in [1.54, 1.807) is 17.5 Å². The van der Waals surface area contributed by atoms with Crippen LogP contribution in [0.4, 0.5) is 5.82 Å². The lowest BCUT2D eigenvalue weighted by Crippen LogP contribution is -2.04. The predicted molar refractivity (Wildman–Crippen MR) is 86.6 cm³/mol. The molecular weight excluding hydrogens is 282 g/mol. The van der Waals surface area contributed by atoms with Crippen molar-refractivity contribution in [3.8, 4) is 11.5 Å². The number of nitrogens with zero attached hydrogens (tertiary/aromatic N) is 4. The van der Waals surface area contributed by atoms with Crippen molar-refractivity contribution in [3.63, 3.8) is 0 Å². The number of aryl methyl sites for hydroxylation is 1. The second kappa shape index (κ2) is 6.13. The topological polar surface area (TPSA) is 63.6 Å². The van der Waals surface area contributed by atoms with Crippen molar-refractivity contribution in [2.45, 2.75) is 26.7 Å². The highest BCUT2D eigenvalue weighted by Gasteiger charge is 2.12. The number of fused-ring (bicyclic) bond motifs is 1. The summed E-state index contributed by atoms with van der Waals surface area (Å²) in [5.41, 5.74) is 0.748. The van der Waals surface area contributed by atoms with E-state index in [2.05, 4.69) is 45.2 Å². The van der Waals surface area contributed by atoms with E-state index in [1.807, 2.05) is 6.07 Å². The minimum atomic E-state index is 0.646. The summed E-state index contributed by atoms with van der Waals surface area (Å²) >= 11 is 1.72. The number of anilines is 1. The van der Waals surface area contributed by atoms with Crippen molar-refractivity contribution < 1.29 is 0 Å². The molecule has 0 unspecified atom stereocenters. The first-order valence-corrected chi connectivity index (χ1v) is 7.94. The number of hydrogen-bond acceptors (Lipinski definition) is 6. The molecule has 21 heavy (non-hydrogen) atoms. The van der Waals surface area contributed by atoms with Gasteiger partial charge in [0.2, 0.25) is 0 Å². The van der Waals surface area contributed by atoms with Crippen molar-refractivity contribution in [3.05, 3.63) is 29.5 Å². The van der Waals surface area contributed by atoms with E-state index in [0.717, 1.165) is 41.1 Å². The molecular formula is C15H17N5S. The average molecular weight is 299 g/mol. The van der Waals surface area contributed by atoms with Crippen molar-refractivity contribution in [1.82, 2.24) is 19.9 Å². The van der Waals surface area contributed by atoms with E-state index >= 15 is 0 Å². The fourth-order valence-electron chi connectivity index (χ4n) is 2.06. The molecule has 3 rings (SSSR count). The maximum absolute atomic E-state index is 4.66. The summed E-state index contributed by atoms with van der Waals surface area (Å²) in [5.74, 6) is 1.54. The molecule has 6 heteroatoms. The molecule has 0 spiro atoms. The number of thiophene rings is 1. The Kier molecular flexibility index (Phi) is 4.06. The highest BCUT2D eigenvalue weighted by Crippen LogP contribution is 2.31. The Morgan fingerprint density at radius 3 is 2.86 bits per heavy atom. The van der Waals surface area contributed by atoms with Crippen LogP contribution in [0, 0.1) is 0 Å². The summed E-state index contributed by atoms with van der Waals surface area (Å²) in [4.78, 5) is 19.8. The lowest BCUT2D eigenvalue weighted by atomic mass is 10.3. The molecule has 0 aliphatic carbocycles. The van der Waals surface area contributed by atoms with E-state index in [4.69, 9.17) is 0 Å². The van der Waals surface area contributed by atoms with Crippen LogP contribution in [-0.2, 0) is 6.42 Å². The largest absolute Gasteiger partial charge is 0.369 e. The Bertz CT molecular complexity index is 738. The molecule has 1 N–H and O–H groups in total. The number of aromatic nitrogens is 4. The van der Waals surface area contributed by atoms with Crippen LogP contribution in [0.25, 0.3) is 21.7 Å². The highest BCUT2D eigenvalue weighted by atomic mass is 32.1. The van der Waals surface area contributed by atoms with Gasteiger partial charge in [-0.1, -0.05) is 13.8 Å². The molecule has 0 fully saturated rings. The van der Waals surface area contributed by atoms with E-state index in [9.17, 15) is 0 Å². The SMILES string of the molecule is CCCNc1nc(-c2ccncn2)nc2sc(CC)cc12. The molecule has 0 saturated carbocycles. The Labute approximate surface area is 127 Å². The number of rotatable bonds is 5. The highest BCUT2D eigenvalue weighted by molar-refractivity contribution is 7.18. The minimum Gasteiger partial charge on any atom is -0.369 e. The number of hydrogen-bond donors (Lipinski definition) is 1. The first-order valence-electron chi connectivity index (χ1n) is 7.12. The van der Waals surface area contributed by atoms with Crippen LogP contribution < -0.4 is 5.32 Å². The zero-order valence-electron chi connectivity index (χ0n) is 12.1. The van der Waals surface area contributed by atoms with Gasteiger partial charge in [0.1, 0.15) is 22.7 Å². The Morgan fingerprint density at radius 1 is 1.24 bits per heavy atom. The van der Waals surface area contributed by atoms with Gasteiger partial charge in [0.15, 0.2) is 5.82 Å². The lowest BCUT2D eigenvalue weighted by Gasteiger charge is -2.07. The molecule has 108 valence electrons. The molecule has 0 aromatic carbocycles. The quantitative estimate of drug-likeness (QED) is 0.780. The van der Waals surface area contributed by atoms with Gasteiger partial charge in [-0.2, -0.15) is 0 Å². The van der Waals surface area contributed by atoms with Gasteiger partial charge in [-0.05, 0) is 25.0 Å². The van der Waals surface area contributed by atoms with E-state index < -0.39 is 0 Å². The molecule has 5 nitrogen and oxygen atoms in total. The van der Waals surface area contributed by atoms with Crippen LogP contribution in [0.2, 0.25) is 0 Å². The zero-order chi connectivity index (χ0) is 14.7. The monoisotopic (exact) mass is 299 g/mol. The fraction of sp³-hybridized carbons (Fsp3) is 0.333. The molecule has 0 bridgehead atoms. The maximum Gasteiger partial charge on any atom is 0.181 e. The maximum atomic E-state index is 4.66. The van der Waals surface area contributed by atoms with Gasteiger partial charge < -0.3 is 5.32 Å². The summed E-state index contributed by atoms with van der Waals surface area (Å²) < 4.78 is 0. The molecule has 3 aromatic rings. The van der Waals surface area contributed by atoms with E-state index in [0.29, 0.717) is 5.82 Å². The molecule has 0 saturated heterocycles. The summed E-state index contributed by atoms with van der Waals surface area (Å²) in [6.45, 7) is 5.19. The molecule has 0 radical (unpaired) electrons. The minimum absolute atomic E-state index is 0.646. The molecule has 0 atom stereocenters. The first-order chi connectivity index (χ1) is 10.3. The molecule has 3 heterocycles. The number of nitrogens with one attached hydrogen (secondary N) is 1. The van der Waals surface area contributed by atoms with Crippen molar-refractivity contribution in [1.29, 1.82) is 0 Å². The van der Waals surface area contributed by atoms with E-state index in [1.165, 1.54) is 11.2 Å². The van der Waals surface area contributed by atoms with Gasteiger partial charge in [0, 0.05) is 17.6 Å². The Balaban J connectivity index is 2.13. The van der Waals surface area contributed by atoms with Crippen LogP contribution in [0.1, 0.15) is 25.1 Å². The summed E-state index contributed by atoms with van der Waals surface area (Å²) in [7, 11) is 0. The van der Waals surface area contributed by atoms with Crippen molar-refractivity contribution in [2.24, 2.45) is 0 Å². The van der Waals surface area contributed by atoms with Gasteiger partial charge >= 0.3 is 0 Å². The molecule has 3 aromatic heterocycles. The fourth-order valence-corrected chi connectivity index (χ4v) is 3.03. The molecule has 0 aliphatic heterocycles. The van der Waals surface area contributed by atoms with Gasteiger partial charge in [-0.15, -0.1) is 11.3 Å². The standard InChI is InChI=1S/C15H17N5S/c1-3-6-17-13-11-8-10(4-2)21-15(11)20-14(19-13)12-5-7-16-9-18-12/h5,7-9H,3-4,6H2,1-2H3,(H,17,19,20). The van der Waals surface area contributed by atoms with Crippen molar-refractivity contribution in [2.75, 3.05) is 11.9 Å². The second-order valence-electron chi connectivity index (χ2n) is 4.70. The van der Waals surface area contributed by atoms with Crippen LogP contribution >= 0.6 is 11.3 Å². The predicted octanol–water partition coefficient (Wildman–Crippen LogP) is 3.53. The smallest absolute Gasteiger partial charge is 0.181 e. The van der Waals surface area contributed by atoms with Crippen molar-refractivity contribution >= 4 is 27.4 Å². The van der Waals surface area contributed by atoms with Gasteiger partial charge in [0.05, 0.1) is 5.39 Å². The van der Waals surface area contributed by atoms with Gasteiger partial charge in [0.25, 0.3) is 0 Å².